The summed E-state index contributed by atoms with van der Waals surface area (Å²) in [6.07, 6.45) is 1.78. The zero-order chi connectivity index (χ0) is 20.5. The summed E-state index contributed by atoms with van der Waals surface area (Å²) < 4.78 is 24.8. The minimum Gasteiger partial charge on any atom is -0.492 e. The fraction of sp³-hybridized carbons (Fsp3) is 0.435. The van der Waals surface area contributed by atoms with Crippen molar-refractivity contribution in [3.05, 3.63) is 66.0 Å². The lowest BCUT2D eigenvalue weighted by Gasteiger charge is -2.39. The summed E-state index contributed by atoms with van der Waals surface area (Å²) in [6, 6.07) is 16.6. The van der Waals surface area contributed by atoms with Gasteiger partial charge in [-0.25, -0.2) is 4.39 Å². The van der Waals surface area contributed by atoms with Gasteiger partial charge in [-0.2, -0.15) is 0 Å². The van der Waals surface area contributed by atoms with Gasteiger partial charge in [-0.05, 0) is 42.7 Å². The van der Waals surface area contributed by atoms with Crippen molar-refractivity contribution in [3.8, 4) is 5.75 Å². The fourth-order valence-corrected chi connectivity index (χ4v) is 3.69. The number of benzene rings is 2. The van der Waals surface area contributed by atoms with Crippen molar-refractivity contribution in [3.63, 3.8) is 0 Å². The fourth-order valence-electron chi connectivity index (χ4n) is 3.69. The summed E-state index contributed by atoms with van der Waals surface area (Å²) in [7, 11) is 3.78. The lowest BCUT2D eigenvalue weighted by atomic mass is 9.74. The molecule has 0 spiro atoms. The molecular weight excluding hydrogens is 369 g/mol. The molecule has 3 rings (SSSR count). The average molecular weight is 400 g/mol. The molecule has 1 fully saturated rings. The monoisotopic (exact) mass is 399 g/mol. The van der Waals surface area contributed by atoms with E-state index in [4.69, 9.17) is 9.47 Å². The lowest BCUT2D eigenvalue weighted by Crippen LogP contribution is -2.49. The number of hydrogen-bond donors (Lipinski definition) is 1. The number of guanidine groups is 1. The predicted octanol–water partition coefficient (Wildman–Crippen LogP) is 3.46. The van der Waals surface area contributed by atoms with Crippen molar-refractivity contribution in [2.75, 3.05) is 47.0 Å². The van der Waals surface area contributed by atoms with E-state index in [1.54, 1.807) is 7.05 Å². The number of ether oxygens (including phenoxy) is 2. The number of halogens is 1. The van der Waals surface area contributed by atoms with E-state index in [9.17, 15) is 4.39 Å². The van der Waals surface area contributed by atoms with Crippen LogP contribution in [-0.2, 0) is 10.2 Å². The highest BCUT2D eigenvalue weighted by Gasteiger charge is 2.34. The molecule has 0 aliphatic carbocycles. The molecule has 1 aliphatic rings. The van der Waals surface area contributed by atoms with Crippen LogP contribution in [0, 0.1) is 5.82 Å². The number of para-hydroxylation sites is 1. The first kappa shape index (κ1) is 21.1. The second kappa shape index (κ2) is 10.3. The smallest absolute Gasteiger partial charge is 0.193 e. The third kappa shape index (κ3) is 5.70. The van der Waals surface area contributed by atoms with Crippen LogP contribution in [0.5, 0.6) is 5.75 Å². The van der Waals surface area contributed by atoms with Gasteiger partial charge < -0.3 is 19.7 Å². The van der Waals surface area contributed by atoms with Crippen molar-refractivity contribution in [2.24, 2.45) is 4.99 Å². The normalized spacial score (nSPS) is 16.3. The van der Waals surface area contributed by atoms with E-state index in [0.29, 0.717) is 26.4 Å². The Morgan fingerprint density at radius 2 is 1.83 bits per heavy atom. The Balaban J connectivity index is 1.58. The summed E-state index contributed by atoms with van der Waals surface area (Å²) >= 11 is 0. The van der Waals surface area contributed by atoms with Gasteiger partial charge in [0.25, 0.3) is 0 Å². The van der Waals surface area contributed by atoms with Crippen LogP contribution in [0.3, 0.4) is 0 Å². The van der Waals surface area contributed by atoms with Crippen molar-refractivity contribution >= 4 is 5.96 Å². The Labute approximate surface area is 172 Å². The van der Waals surface area contributed by atoms with Crippen LogP contribution in [0.2, 0.25) is 0 Å². The van der Waals surface area contributed by atoms with E-state index >= 15 is 0 Å². The van der Waals surface area contributed by atoms with Crippen molar-refractivity contribution in [1.29, 1.82) is 0 Å². The van der Waals surface area contributed by atoms with Crippen molar-refractivity contribution in [2.45, 2.75) is 18.3 Å². The van der Waals surface area contributed by atoms with Crippen LogP contribution in [0.1, 0.15) is 18.4 Å². The lowest BCUT2D eigenvalue weighted by molar-refractivity contribution is 0.0512. The number of nitrogens with zero attached hydrogens (tertiary/aromatic N) is 2. The van der Waals surface area contributed by atoms with E-state index < -0.39 is 0 Å². The number of hydrogen-bond acceptors (Lipinski definition) is 3. The molecule has 0 unspecified atom stereocenters. The van der Waals surface area contributed by atoms with Gasteiger partial charge in [-0.15, -0.1) is 0 Å². The molecule has 2 aromatic rings. The van der Waals surface area contributed by atoms with Gasteiger partial charge in [0, 0.05) is 39.3 Å². The van der Waals surface area contributed by atoms with E-state index in [1.807, 2.05) is 49.5 Å². The number of aliphatic imine (C=N–C) groups is 1. The molecule has 0 atom stereocenters. The van der Waals surface area contributed by atoms with Crippen LogP contribution in [0.25, 0.3) is 0 Å². The molecule has 1 aliphatic heterocycles. The molecule has 5 nitrogen and oxygen atoms in total. The van der Waals surface area contributed by atoms with Crippen LogP contribution >= 0.6 is 0 Å². The maximum Gasteiger partial charge on any atom is 0.193 e. The van der Waals surface area contributed by atoms with Crippen molar-refractivity contribution < 1.29 is 13.9 Å². The molecule has 0 saturated carbocycles. The summed E-state index contributed by atoms with van der Waals surface area (Å²) in [4.78, 5) is 6.48. The Morgan fingerprint density at radius 3 is 2.48 bits per heavy atom. The highest BCUT2D eigenvalue weighted by atomic mass is 19.1. The maximum absolute atomic E-state index is 13.4. The topological polar surface area (TPSA) is 46.1 Å². The highest BCUT2D eigenvalue weighted by Crippen LogP contribution is 2.34. The average Bonchev–Trinajstić information content (AvgIpc) is 2.76. The third-order valence-electron chi connectivity index (χ3n) is 5.50. The second-order valence-electron chi connectivity index (χ2n) is 7.38. The van der Waals surface area contributed by atoms with Gasteiger partial charge in [-0.1, -0.05) is 30.3 Å². The molecule has 2 aromatic carbocycles. The Kier molecular flexibility index (Phi) is 7.47. The Hall–Kier alpha value is -2.60. The molecular formula is C23H30FN3O2. The minimum atomic E-state index is -0.210. The molecule has 0 aromatic heterocycles. The van der Waals surface area contributed by atoms with E-state index in [1.165, 1.54) is 12.1 Å². The summed E-state index contributed by atoms with van der Waals surface area (Å²) in [6.45, 7) is 3.41. The van der Waals surface area contributed by atoms with E-state index in [2.05, 4.69) is 15.2 Å². The summed E-state index contributed by atoms with van der Waals surface area (Å²) in [5.74, 6) is 1.47. The molecule has 0 radical (unpaired) electrons. The number of nitrogens with one attached hydrogen (secondary N) is 1. The van der Waals surface area contributed by atoms with E-state index in [0.717, 1.165) is 36.7 Å². The first-order valence-electron chi connectivity index (χ1n) is 10.1. The van der Waals surface area contributed by atoms with Gasteiger partial charge in [0.15, 0.2) is 5.96 Å². The first-order chi connectivity index (χ1) is 14.1. The molecule has 156 valence electrons. The SMILES string of the molecule is CN=C(NCC1(c2ccc(F)cc2)CCOCC1)N(C)CCOc1ccccc1. The maximum atomic E-state index is 13.4. The third-order valence-corrected chi connectivity index (χ3v) is 5.50. The van der Waals surface area contributed by atoms with Gasteiger partial charge in [0.2, 0.25) is 0 Å². The quantitative estimate of drug-likeness (QED) is 0.572. The Bertz CT molecular complexity index is 774. The molecule has 1 saturated heterocycles. The molecule has 1 N–H and O–H groups in total. The van der Waals surface area contributed by atoms with Gasteiger partial charge in [0.1, 0.15) is 18.2 Å². The van der Waals surface area contributed by atoms with Crippen molar-refractivity contribution in [1.82, 2.24) is 10.2 Å². The Morgan fingerprint density at radius 1 is 1.14 bits per heavy atom. The molecule has 29 heavy (non-hydrogen) atoms. The largest absolute Gasteiger partial charge is 0.492 e. The zero-order valence-electron chi connectivity index (χ0n) is 17.2. The predicted molar refractivity (Wildman–Crippen MR) is 114 cm³/mol. The van der Waals surface area contributed by atoms with Crippen LogP contribution < -0.4 is 10.1 Å². The van der Waals surface area contributed by atoms with Gasteiger partial charge in [0.05, 0.1) is 6.54 Å². The molecule has 1 heterocycles. The molecule has 6 heteroatoms. The minimum absolute atomic E-state index is 0.0940. The first-order valence-corrected chi connectivity index (χ1v) is 10.1. The standard InChI is InChI=1S/C23H30FN3O2/c1-25-22(27(2)14-17-29-21-6-4-3-5-7-21)26-18-23(12-15-28-16-13-23)19-8-10-20(24)11-9-19/h3-11H,12-18H2,1-2H3,(H,25,26). The van der Waals surface area contributed by atoms with Crippen LogP contribution in [-0.4, -0.2) is 57.9 Å². The molecule has 0 amide bonds. The second-order valence-corrected chi connectivity index (χ2v) is 7.38. The number of rotatable bonds is 7. The van der Waals surface area contributed by atoms with Crippen LogP contribution in [0.4, 0.5) is 4.39 Å². The zero-order valence-corrected chi connectivity index (χ0v) is 17.2. The number of likely N-dealkylation sites (N-methyl/N-ethyl adjacent to an activating group) is 1. The molecule has 0 bridgehead atoms. The van der Waals surface area contributed by atoms with Gasteiger partial charge >= 0.3 is 0 Å². The summed E-state index contributed by atoms with van der Waals surface area (Å²) in [5.41, 5.74) is 1.05. The summed E-state index contributed by atoms with van der Waals surface area (Å²) in [5, 5.41) is 3.51. The highest BCUT2D eigenvalue weighted by molar-refractivity contribution is 5.79. The van der Waals surface area contributed by atoms with Gasteiger partial charge in [-0.3, -0.25) is 4.99 Å². The van der Waals surface area contributed by atoms with E-state index in [-0.39, 0.29) is 11.2 Å². The van der Waals surface area contributed by atoms with Crippen LogP contribution in [0.15, 0.2) is 59.6 Å².